The van der Waals surface area contributed by atoms with Crippen LogP contribution >= 0.6 is 0 Å². The van der Waals surface area contributed by atoms with Crippen LogP contribution in [-0.2, 0) is 9.59 Å². The zero-order valence-corrected chi connectivity index (χ0v) is 17.8. The third kappa shape index (κ3) is 6.71. The minimum atomic E-state index is -0.988. The summed E-state index contributed by atoms with van der Waals surface area (Å²) >= 11 is 0. The van der Waals surface area contributed by atoms with E-state index >= 15 is 0 Å². The normalized spacial score (nSPS) is 16.1. The topological polar surface area (TPSA) is 130 Å². The second-order valence-electron chi connectivity index (χ2n) is 7.44. The Balaban J connectivity index is 1.66. The van der Waals surface area contributed by atoms with E-state index in [1.807, 2.05) is 24.3 Å². The number of hydrogen-bond donors (Lipinski definition) is 2. The van der Waals surface area contributed by atoms with Crippen LogP contribution in [0.4, 0.5) is 0 Å². The standard InChI is InChI=1S/C25H22N6O2/c26-14-18-6-10-20(11-7-18)16-28-30-24(32)23(22-4-2-1-3-5-22)25(33)31-29-17-21-12-8-19(15-27)9-13-21/h2,4,6-13,16-17,22-23H,1,3,5H2,(H,30,32)(H,31,33)/b28-16-,29-17+. The van der Waals surface area contributed by atoms with E-state index in [1.54, 1.807) is 48.5 Å². The van der Waals surface area contributed by atoms with Crippen molar-refractivity contribution in [2.24, 2.45) is 22.0 Å². The van der Waals surface area contributed by atoms with Crippen molar-refractivity contribution in [1.29, 1.82) is 10.5 Å². The Bertz CT molecular complexity index is 1070. The van der Waals surface area contributed by atoms with E-state index < -0.39 is 17.7 Å². The van der Waals surface area contributed by atoms with Crippen molar-refractivity contribution in [2.75, 3.05) is 0 Å². The molecule has 8 nitrogen and oxygen atoms in total. The first-order valence-electron chi connectivity index (χ1n) is 10.4. The highest BCUT2D eigenvalue weighted by molar-refractivity contribution is 6.01. The highest BCUT2D eigenvalue weighted by Gasteiger charge is 2.34. The lowest BCUT2D eigenvalue weighted by molar-refractivity contribution is -0.137. The third-order valence-electron chi connectivity index (χ3n) is 5.14. The molecule has 0 aromatic heterocycles. The number of nitrogens with one attached hydrogen (secondary N) is 2. The Morgan fingerprint density at radius 3 is 1.76 bits per heavy atom. The minimum Gasteiger partial charge on any atom is -0.272 e. The second-order valence-corrected chi connectivity index (χ2v) is 7.44. The summed E-state index contributed by atoms with van der Waals surface area (Å²) in [5.41, 5.74) is 7.36. The molecule has 2 aromatic carbocycles. The van der Waals surface area contributed by atoms with Gasteiger partial charge in [0.15, 0.2) is 0 Å². The summed E-state index contributed by atoms with van der Waals surface area (Å²) in [5.74, 6) is -2.29. The molecule has 33 heavy (non-hydrogen) atoms. The fourth-order valence-electron chi connectivity index (χ4n) is 3.39. The molecule has 0 saturated heterocycles. The first-order valence-corrected chi connectivity index (χ1v) is 10.4. The maximum atomic E-state index is 12.8. The van der Waals surface area contributed by atoms with Gasteiger partial charge in [0.2, 0.25) is 0 Å². The summed E-state index contributed by atoms with van der Waals surface area (Å²) in [6, 6.07) is 17.5. The van der Waals surface area contributed by atoms with Gasteiger partial charge in [0.1, 0.15) is 5.92 Å². The Hall–Kier alpha value is -4.56. The van der Waals surface area contributed by atoms with Gasteiger partial charge in [-0.1, -0.05) is 36.4 Å². The van der Waals surface area contributed by atoms with Gasteiger partial charge in [-0.2, -0.15) is 20.7 Å². The summed E-state index contributed by atoms with van der Waals surface area (Å²) in [4.78, 5) is 25.7. The van der Waals surface area contributed by atoms with Gasteiger partial charge in [-0.05, 0) is 60.6 Å². The van der Waals surface area contributed by atoms with Crippen molar-refractivity contribution in [3.8, 4) is 12.1 Å². The van der Waals surface area contributed by atoms with E-state index in [9.17, 15) is 9.59 Å². The van der Waals surface area contributed by atoms with Crippen LogP contribution in [-0.4, -0.2) is 24.2 Å². The molecule has 0 heterocycles. The number of carbonyl (C=O) groups excluding carboxylic acids is 2. The number of benzene rings is 2. The maximum Gasteiger partial charge on any atom is 0.253 e. The Labute approximate surface area is 191 Å². The fraction of sp³-hybridized carbons (Fsp3) is 0.200. The zero-order chi connectivity index (χ0) is 23.5. The zero-order valence-electron chi connectivity index (χ0n) is 17.8. The molecule has 0 radical (unpaired) electrons. The number of rotatable bonds is 7. The van der Waals surface area contributed by atoms with E-state index in [-0.39, 0.29) is 5.92 Å². The summed E-state index contributed by atoms with van der Waals surface area (Å²) < 4.78 is 0. The Morgan fingerprint density at radius 2 is 1.36 bits per heavy atom. The van der Waals surface area contributed by atoms with Crippen molar-refractivity contribution in [1.82, 2.24) is 10.9 Å². The predicted molar refractivity (Wildman–Crippen MR) is 124 cm³/mol. The average Bonchev–Trinajstić information content (AvgIpc) is 2.86. The lowest BCUT2D eigenvalue weighted by atomic mass is 9.83. The molecule has 0 fully saturated rings. The van der Waals surface area contributed by atoms with Gasteiger partial charge in [0.25, 0.3) is 11.8 Å². The number of allylic oxidation sites excluding steroid dienone is 2. The molecule has 0 aliphatic heterocycles. The lowest BCUT2D eigenvalue weighted by Gasteiger charge is -2.23. The van der Waals surface area contributed by atoms with Gasteiger partial charge in [-0.15, -0.1) is 0 Å². The molecule has 2 N–H and O–H groups in total. The highest BCUT2D eigenvalue weighted by atomic mass is 16.2. The van der Waals surface area contributed by atoms with Crippen LogP contribution in [0.5, 0.6) is 0 Å². The van der Waals surface area contributed by atoms with Crippen molar-refractivity contribution < 1.29 is 9.59 Å². The summed E-state index contributed by atoms with van der Waals surface area (Å²) in [6.07, 6.45) is 9.29. The van der Waals surface area contributed by atoms with Gasteiger partial charge in [0, 0.05) is 0 Å². The van der Waals surface area contributed by atoms with Crippen molar-refractivity contribution in [3.05, 3.63) is 82.9 Å². The first-order chi connectivity index (χ1) is 16.1. The van der Waals surface area contributed by atoms with E-state index in [1.165, 1.54) is 12.4 Å². The smallest absolute Gasteiger partial charge is 0.253 e. The minimum absolute atomic E-state index is 0.256. The molecule has 0 bridgehead atoms. The molecule has 1 aliphatic carbocycles. The molecule has 0 spiro atoms. The van der Waals surface area contributed by atoms with Gasteiger partial charge in [-0.25, -0.2) is 10.9 Å². The van der Waals surface area contributed by atoms with Gasteiger partial charge >= 0.3 is 0 Å². The number of nitrogens with zero attached hydrogens (tertiary/aromatic N) is 4. The number of hydrazone groups is 2. The van der Waals surface area contributed by atoms with Gasteiger partial charge < -0.3 is 0 Å². The van der Waals surface area contributed by atoms with E-state index in [4.69, 9.17) is 10.5 Å². The van der Waals surface area contributed by atoms with E-state index in [2.05, 4.69) is 21.1 Å². The predicted octanol–water partition coefficient (Wildman–Crippen LogP) is 3.00. The summed E-state index contributed by atoms with van der Waals surface area (Å²) in [7, 11) is 0. The summed E-state index contributed by atoms with van der Waals surface area (Å²) in [6.45, 7) is 0. The molecule has 164 valence electrons. The van der Waals surface area contributed by atoms with Gasteiger partial charge in [-0.3, -0.25) is 9.59 Å². The SMILES string of the molecule is N#Cc1ccc(/C=N\NC(=O)C(C(=O)N/N=C/c2ccc(C#N)cc2)C2C=CCCC2)cc1. The van der Waals surface area contributed by atoms with Crippen LogP contribution in [0, 0.1) is 34.5 Å². The molecule has 2 amide bonds. The van der Waals surface area contributed by atoms with E-state index in [0.29, 0.717) is 28.7 Å². The monoisotopic (exact) mass is 438 g/mol. The molecular weight excluding hydrogens is 416 g/mol. The van der Waals surface area contributed by atoms with Crippen LogP contribution in [0.25, 0.3) is 0 Å². The van der Waals surface area contributed by atoms with Crippen molar-refractivity contribution >= 4 is 24.2 Å². The van der Waals surface area contributed by atoms with Gasteiger partial charge in [0.05, 0.1) is 35.7 Å². The first kappa shape index (κ1) is 23.1. The largest absolute Gasteiger partial charge is 0.272 e. The van der Waals surface area contributed by atoms with Crippen LogP contribution in [0.1, 0.15) is 41.5 Å². The lowest BCUT2D eigenvalue weighted by Crippen LogP contribution is -2.42. The maximum absolute atomic E-state index is 12.8. The molecule has 2 atom stereocenters. The quantitative estimate of drug-likeness (QED) is 0.298. The van der Waals surface area contributed by atoms with Crippen LogP contribution in [0.15, 0.2) is 70.9 Å². The molecule has 1 aliphatic rings. The van der Waals surface area contributed by atoms with E-state index in [0.717, 1.165) is 12.8 Å². The fourth-order valence-corrected chi connectivity index (χ4v) is 3.39. The number of nitriles is 2. The molecular formula is C25H22N6O2. The molecule has 2 aromatic rings. The third-order valence-corrected chi connectivity index (χ3v) is 5.14. The van der Waals surface area contributed by atoms with Crippen LogP contribution in [0.3, 0.4) is 0 Å². The van der Waals surface area contributed by atoms with Crippen LogP contribution in [0.2, 0.25) is 0 Å². The molecule has 3 rings (SSSR count). The Kier molecular flexibility index (Phi) is 8.21. The van der Waals surface area contributed by atoms with Crippen molar-refractivity contribution in [2.45, 2.75) is 19.3 Å². The van der Waals surface area contributed by atoms with Crippen molar-refractivity contribution in [3.63, 3.8) is 0 Å². The number of hydrogen-bond acceptors (Lipinski definition) is 6. The Morgan fingerprint density at radius 1 is 0.879 bits per heavy atom. The molecule has 2 unspecified atom stereocenters. The number of carbonyl (C=O) groups is 2. The second kappa shape index (κ2) is 11.7. The molecule has 0 saturated carbocycles. The molecule has 8 heteroatoms. The average molecular weight is 438 g/mol. The number of amides is 2. The van der Waals surface area contributed by atoms with Crippen LogP contribution < -0.4 is 10.9 Å². The summed E-state index contributed by atoms with van der Waals surface area (Å²) in [5, 5.41) is 25.6. The highest BCUT2D eigenvalue weighted by Crippen LogP contribution is 2.25.